The Bertz CT molecular complexity index is 139. The number of aliphatic hydroxyl groups excluding tert-OH is 1. The van der Waals surface area contributed by atoms with Gasteiger partial charge >= 0.3 is 0 Å². The van der Waals surface area contributed by atoms with E-state index in [2.05, 4.69) is 0 Å². The van der Waals surface area contributed by atoms with Crippen molar-refractivity contribution in [2.75, 3.05) is 6.61 Å². The molecule has 1 saturated heterocycles. The molecular formula is C9H16O2S. The summed E-state index contributed by atoms with van der Waals surface area (Å²) in [6.07, 6.45) is 5.68. The van der Waals surface area contributed by atoms with Crippen molar-refractivity contribution in [1.29, 1.82) is 0 Å². The van der Waals surface area contributed by atoms with Crippen LogP contribution in [0.4, 0.5) is 0 Å². The number of rotatable bonds is 2. The average Bonchev–Trinajstić information content (AvgIpc) is 2.04. The first-order valence-corrected chi connectivity index (χ1v) is 5.74. The molecule has 2 aliphatic rings. The van der Waals surface area contributed by atoms with Crippen molar-refractivity contribution >= 4 is 11.8 Å². The first kappa shape index (κ1) is 8.85. The van der Waals surface area contributed by atoms with Gasteiger partial charge in [-0.15, -0.1) is 11.8 Å². The summed E-state index contributed by atoms with van der Waals surface area (Å²) in [5, 5.41) is 9.76. The minimum absolute atomic E-state index is 0.0221. The molecule has 1 heterocycles. The van der Waals surface area contributed by atoms with Crippen LogP contribution in [0.5, 0.6) is 0 Å². The fourth-order valence-electron chi connectivity index (χ4n) is 1.68. The van der Waals surface area contributed by atoms with Gasteiger partial charge in [-0.2, -0.15) is 0 Å². The predicted octanol–water partition coefficient (Wildman–Crippen LogP) is 1.77. The summed E-state index contributed by atoms with van der Waals surface area (Å²) in [4.78, 5) is 0. The van der Waals surface area contributed by atoms with Gasteiger partial charge in [-0.3, -0.25) is 0 Å². The van der Waals surface area contributed by atoms with E-state index >= 15 is 0 Å². The molecule has 0 radical (unpaired) electrons. The van der Waals surface area contributed by atoms with Gasteiger partial charge in [0.1, 0.15) is 5.44 Å². The van der Waals surface area contributed by atoms with Crippen molar-refractivity contribution in [2.45, 2.75) is 48.9 Å². The van der Waals surface area contributed by atoms with E-state index in [1.807, 2.05) is 11.8 Å². The van der Waals surface area contributed by atoms with Crippen LogP contribution in [-0.4, -0.2) is 28.5 Å². The summed E-state index contributed by atoms with van der Waals surface area (Å²) in [6.45, 7) is 0.937. The summed E-state index contributed by atoms with van der Waals surface area (Å²) >= 11 is 1.93. The van der Waals surface area contributed by atoms with E-state index in [9.17, 15) is 0 Å². The summed E-state index contributed by atoms with van der Waals surface area (Å²) in [6, 6.07) is 0. The highest BCUT2D eigenvalue weighted by molar-refractivity contribution is 8.00. The molecule has 1 aliphatic heterocycles. The normalized spacial score (nSPS) is 42.2. The second-order valence-corrected chi connectivity index (χ2v) is 5.14. The highest BCUT2D eigenvalue weighted by Crippen LogP contribution is 2.37. The Morgan fingerprint density at radius 1 is 1.25 bits per heavy atom. The zero-order chi connectivity index (χ0) is 8.39. The lowest BCUT2D eigenvalue weighted by Crippen LogP contribution is -2.33. The molecule has 1 atom stereocenters. The van der Waals surface area contributed by atoms with Crippen LogP contribution in [0.25, 0.3) is 0 Å². The van der Waals surface area contributed by atoms with Crippen molar-refractivity contribution in [3.05, 3.63) is 0 Å². The maximum atomic E-state index is 9.09. The first-order valence-electron chi connectivity index (χ1n) is 4.80. The molecule has 2 nitrogen and oxygen atoms in total. The molecule has 1 N–H and O–H groups in total. The molecule has 0 aromatic carbocycles. The Balaban J connectivity index is 1.65. The molecule has 3 heteroatoms. The third kappa shape index (κ3) is 2.15. The van der Waals surface area contributed by atoms with Crippen molar-refractivity contribution in [3.63, 3.8) is 0 Å². The molecule has 12 heavy (non-hydrogen) atoms. The minimum atomic E-state index is -0.0221. The maximum Gasteiger partial charge on any atom is 0.103 e. The number of hydrogen-bond donors (Lipinski definition) is 1. The van der Waals surface area contributed by atoms with E-state index < -0.39 is 0 Å². The molecule has 1 aliphatic carbocycles. The van der Waals surface area contributed by atoms with Crippen LogP contribution in [0, 0.1) is 0 Å². The van der Waals surface area contributed by atoms with Gasteiger partial charge in [0, 0.05) is 11.9 Å². The molecule has 2 fully saturated rings. The predicted molar refractivity (Wildman–Crippen MR) is 50.2 cm³/mol. The van der Waals surface area contributed by atoms with Crippen LogP contribution in [0.3, 0.4) is 0 Å². The van der Waals surface area contributed by atoms with E-state index in [4.69, 9.17) is 9.84 Å². The lowest BCUT2D eigenvalue weighted by molar-refractivity contribution is 0.0678. The van der Waals surface area contributed by atoms with Crippen LogP contribution < -0.4 is 0 Å². The SMILES string of the molecule is OC1CC(SC2CCCCO2)C1. The van der Waals surface area contributed by atoms with Crippen molar-refractivity contribution in [3.8, 4) is 0 Å². The summed E-state index contributed by atoms with van der Waals surface area (Å²) < 4.78 is 5.60. The maximum absolute atomic E-state index is 9.09. The number of hydrogen-bond acceptors (Lipinski definition) is 3. The number of ether oxygens (including phenoxy) is 1. The quantitative estimate of drug-likeness (QED) is 0.716. The van der Waals surface area contributed by atoms with Gasteiger partial charge < -0.3 is 9.84 Å². The average molecular weight is 188 g/mol. The smallest absolute Gasteiger partial charge is 0.103 e. The largest absolute Gasteiger partial charge is 0.393 e. The highest BCUT2D eigenvalue weighted by Gasteiger charge is 2.30. The van der Waals surface area contributed by atoms with Gasteiger partial charge in [0.15, 0.2) is 0 Å². The van der Waals surface area contributed by atoms with Crippen LogP contribution in [0.15, 0.2) is 0 Å². The lowest BCUT2D eigenvalue weighted by atomic mass is 9.96. The van der Waals surface area contributed by atoms with E-state index in [-0.39, 0.29) is 6.10 Å². The Labute approximate surface area is 77.7 Å². The van der Waals surface area contributed by atoms with E-state index in [1.54, 1.807) is 0 Å². The van der Waals surface area contributed by atoms with Gasteiger partial charge in [-0.1, -0.05) is 0 Å². The monoisotopic (exact) mass is 188 g/mol. The molecule has 0 amide bonds. The standard InChI is InChI=1S/C9H16O2S/c10-7-5-8(6-7)12-9-3-1-2-4-11-9/h7-10H,1-6H2. The van der Waals surface area contributed by atoms with Crippen LogP contribution in [0.1, 0.15) is 32.1 Å². The Morgan fingerprint density at radius 2 is 2.08 bits per heavy atom. The van der Waals surface area contributed by atoms with E-state index in [0.29, 0.717) is 10.7 Å². The third-order valence-electron chi connectivity index (χ3n) is 2.55. The Kier molecular flexibility index (Phi) is 2.94. The fourth-order valence-corrected chi connectivity index (χ4v) is 3.26. The third-order valence-corrected chi connectivity index (χ3v) is 4.00. The summed E-state index contributed by atoms with van der Waals surface area (Å²) in [7, 11) is 0. The molecule has 0 bridgehead atoms. The zero-order valence-corrected chi connectivity index (χ0v) is 8.05. The summed E-state index contributed by atoms with van der Waals surface area (Å²) in [5.41, 5.74) is 0.427. The lowest BCUT2D eigenvalue weighted by Gasteiger charge is -2.34. The van der Waals surface area contributed by atoms with Crippen molar-refractivity contribution in [1.82, 2.24) is 0 Å². The number of thioether (sulfide) groups is 1. The zero-order valence-electron chi connectivity index (χ0n) is 7.24. The van der Waals surface area contributed by atoms with Gasteiger partial charge in [0.05, 0.1) is 6.10 Å². The van der Waals surface area contributed by atoms with E-state index in [0.717, 1.165) is 19.4 Å². The molecule has 70 valence electrons. The molecule has 1 unspecified atom stereocenters. The highest BCUT2D eigenvalue weighted by atomic mass is 32.2. The Morgan fingerprint density at radius 3 is 2.67 bits per heavy atom. The van der Waals surface area contributed by atoms with Gasteiger partial charge in [-0.25, -0.2) is 0 Å². The van der Waals surface area contributed by atoms with Crippen LogP contribution >= 0.6 is 11.8 Å². The topological polar surface area (TPSA) is 29.5 Å². The molecule has 2 rings (SSSR count). The summed E-state index contributed by atoms with van der Waals surface area (Å²) in [5.74, 6) is 0. The molecule has 0 spiro atoms. The first-order chi connectivity index (χ1) is 5.84. The van der Waals surface area contributed by atoms with Gasteiger partial charge in [0.25, 0.3) is 0 Å². The molecule has 1 saturated carbocycles. The van der Waals surface area contributed by atoms with Crippen LogP contribution in [-0.2, 0) is 4.74 Å². The molecule has 0 aromatic heterocycles. The molecule has 0 aromatic rings. The minimum Gasteiger partial charge on any atom is -0.393 e. The fraction of sp³-hybridized carbons (Fsp3) is 1.00. The second-order valence-electron chi connectivity index (χ2n) is 3.68. The van der Waals surface area contributed by atoms with E-state index in [1.165, 1.54) is 19.3 Å². The van der Waals surface area contributed by atoms with Gasteiger partial charge in [-0.05, 0) is 32.1 Å². The number of aliphatic hydroxyl groups is 1. The Hall–Kier alpha value is 0.270. The molecular weight excluding hydrogens is 172 g/mol. The van der Waals surface area contributed by atoms with Crippen molar-refractivity contribution in [2.24, 2.45) is 0 Å². The van der Waals surface area contributed by atoms with Crippen molar-refractivity contribution < 1.29 is 9.84 Å². The van der Waals surface area contributed by atoms with Gasteiger partial charge in [0.2, 0.25) is 0 Å². The van der Waals surface area contributed by atoms with Crippen LogP contribution in [0.2, 0.25) is 0 Å². The second kappa shape index (κ2) is 3.99.